The van der Waals surface area contributed by atoms with Crippen LogP contribution in [0.2, 0.25) is 0 Å². The van der Waals surface area contributed by atoms with Gasteiger partial charge in [0, 0.05) is 5.57 Å². The lowest BCUT2D eigenvalue weighted by atomic mass is 9.83. The van der Waals surface area contributed by atoms with E-state index in [-0.39, 0.29) is 0 Å². The van der Waals surface area contributed by atoms with Gasteiger partial charge in [0.1, 0.15) is 11.9 Å². The molecule has 0 aromatic heterocycles. The molecule has 0 N–H and O–H groups in total. The van der Waals surface area contributed by atoms with E-state index in [4.69, 9.17) is 5.26 Å². The third kappa shape index (κ3) is 1.14. The zero-order valence-corrected chi connectivity index (χ0v) is 7.54. The minimum absolute atomic E-state index is 0.787. The topological polar surface area (TPSA) is 23.8 Å². The molecule has 1 aliphatic rings. The molecule has 14 heavy (non-hydrogen) atoms. The first-order valence-electron chi connectivity index (χ1n) is 3.88. The van der Waals surface area contributed by atoms with Crippen LogP contribution < -0.4 is 0 Å². The van der Waals surface area contributed by atoms with Crippen molar-refractivity contribution in [1.82, 2.24) is 0 Å². The highest BCUT2D eigenvalue weighted by Gasteiger charge is 2.49. The molecule has 1 nitrogen and oxygen atoms in total. The minimum atomic E-state index is -3.09. The highest BCUT2D eigenvalue weighted by molar-refractivity contribution is 5.43. The zero-order chi connectivity index (χ0) is 11.1. The van der Waals surface area contributed by atoms with Crippen molar-refractivity contribution in [2.24, 2.45) is 5.92 Å². The van der Waals surface area contributed by atoms with Gasteiger partial charge in [-0.3, -0.25) is 0 Å². The SMILES string of the molecule is CC1=C(F)[C@](F)(C#N)C(C)C(F)=C1F. The van der Waals surface area contributed by atoms with Crippen LogP contribution in [-0.2, 0) is 0 Å². The average Bonchev–Trinajstić information content (AvgIpc) is 2.21. The smallest absolute Gasteiger partial charge is 0.219 e. The highest BCUT2D eigenvalue weighted by Crippen LogP contribution is 2.45. The first-order valence-corrected chi connectivity index (χ1v) is 3.88. The van der Waals surface area contributed by atoms with Gasteiger partial charge in [-0.15, -0.1) is 0 Å². The van der Waals surface area contributed by atoms with Gasteiger partial charge in [0.05, 0.1) is 5.92 Å². The van der Waals surface area contributed by atoms with Gasteiger partial charge in [-0.05, 0) is 6.92 Å². The molecule has 2 atom stereocenters. The Hall–Kier alpha value is -1.31. The van der Waals surface area contributed by atoms with Crippen molar-refractivity contribution in [3.8, 4) is 6.07 Å². The highest BCUT2D eigenvalue weighted by atomic mass is 19.2. The van der Waals surface area contributed by atoms with Crippen LogP contribution in [0.25, 0.3) is 0 Å². The number of hydrogen-bond acceptors (Lipinski definition) is 1. The van der Waals surface area contributed by atoms with Crippen molar-refractivity contribution in [2.75, 3.05) is 0 Å². The molecule has 0 radical (unpaired) electrons. The van der Waals surface area contributed by atoms with E-state index in [1.165, 1.54) is 0 Å². The van der Waals surface area contributed by atoms with Crippen molar-refractivity contribution in [1.29, 1.82) is 5.26 Å². The summed E-state index contributed by atoms with van der Waals surface area (Å²) in [6, 6.07) is 1.02. The fourth-order valence-corrected chi connectivity index (χ4v) is 1.25. The van der Waals surface area contributed by atoms with Crippen molar-refractivity contribution in [2.45, 2.75) is 19.5 Å². The number of nitrogens with zero attached hydrogens (tertiary/aromatic N) is 1. The van der Waals surface area contributed by atoms with Crippen LogP contribution >= 0.6 is 0 Å². The molecule has 0 fully saturated rings. The van der Waals surface area contributed by atoms with E-state index in [1.54, 1.807) is 0 Å². The van der Waals surface area contributed by atoms with Crippen molar-refractivity contribution >= 4 is 0 Å². The summed E-state index contributed by atoms with van der Waals surface area (Å²) < 4.78 is 52.5. The molecule has 0 aromatic carbocycles. The van der Waals surface area contributed by atoms with Gasteiger partial charge >= 0.3 is 0 Å². The summed E-state index contributed by atoms with van der Waals surface area (Å²) >= 11 is 0. The molecule has 0 heterocycles. The predicted molar refractivity (Wildman–Crippen MR) is 41.7 cm³/mol. The Kier molecular flexibility index (Phi) is 2.40. The Morgan fingerprint density at radius 1 is 1.36 bits per heavy atom. The molecule has 0 saturated heterocycles. The van der Waals surface area contributed by atoms with Gasteiger partial charge < -0.3 is 0 Å². The second-order valence-electron chi connectivity index (χ2n) is 3.15. The van der Waals surface area contributed by atoms with Gasteiger partial charge in [-0.2, -0.15) is 5.26 Å². The summed E-state index contributed by atoms with van der Waals surface area (Å²) in [6.45, 7) is 1.81. The third-order valence-electron chi connectivity index (χ3n) is 2.33. The van der Waals surface area contributed by atoms with E-state index in [9.17, 15) is 17.6 Å². The van der Waals surface area contributed by atoms with Crippen LogP contribution in [0.5, 0.6) is 0 Å². The van der Waals surface area contributed by atoms with Gasteiger partial charge in [0.2, 0.25) is 0 Å². The maximum absolute atomic E-state index is 13.5. The predicted octanol–water partition coefficient (Wildman–Crippen LogP) is 3.26. The van der Waals surface area contributed by atoms with E-state index >= 15 is 0 Å². The van der Waals surface area contributed by atoms with E-state index < -0.39 is 34.6 Å². The van der Waals surface area contributed by atoms with E-state index in [2.05, 4.69) is 0 Å². The number of rotatable bonds is 0. The van der Waals surface area contributed by atoms with Gasteiger partial charge in [0.25, 0.3) is 5.67 Å². The molecular weight excluding hydrogens is 198 g/mol. The molecule has 0 amide bonds. The molecule has 5 heteroatoms. The first-order chi connectivity index (χ1) is 6.36. The molecule has 1 unspecified atom stereocenters. The van der Waals surface area contributed by atoms with Crippen LogP contribution in [0, 0.1) is 17.2 Å². The Morgan fingerprint density at radius 2 is 1.86 bits per heavy atom. The molecule has 1 aliphatic carbocycles. The van der Waals surface area contributed by atoms with Gasteiger partial charge in [-0.1, -0.05) is 6.92 Å². The molecule has 0 bridgehead atoms. The zero-order valence-electron chi connectivity index (χ0n) is 7.54. The second kappa shape index (κ2) is 3.12. The maximum Gasteiger partial charge on any atom is 0.255 e. The van der Waals surface area contributed by atoms with Crippen molar-refractivity contribution in [3.05, 3.63) is 23.1 Å². The average molecular weight is 205 g/mol. The van der Waals surface area contributed by atoms with Crippen LogP contribution in [0.4, 0.5) is 17.6 Å². The molecule has 0 saturated carbocycles. The van der Waals surface area contributed by atoms with Crippen LogP contribution in [-0.4, -0.2) is 5.67 Å². The third-order valence-corrected chi connectivity index (χ3v) is 2.33. The Balaban J connectivity index is 3.43. The lowest BCUT2D eigenvalue weighted by molar-refractivity contribution is 0.157. The van der Waals surface area contributed by atoms with Crippen LogP contribution in [0.3, 0.4) is 0 Å². The molecule has 1 rings (SSSR count). The standard InChI is InChI=1S/C9H7F4N/c1-4-6(10)7(11)5(2)9(13,3-14)8(4)12/h5H,1-2H3/t5?,9-/m0/s1. The van der Waals surface area contributed by atoms with Crippen LogP contribution in [0.15, 0.2) is 23.1 Å². The summed E-state index contributed by atoms with van der Waals surface area (Å²) in [5, 5.41) is 8.40. The number of halogens is 4. The van der Waals surface area contributed by atoms with Crippen molar-refractivity contribution in [3.63, 3.8) is 0 Å². The van der Waals surface area contributed by atoms with Gasteiger partial charge in [-0.25, -0.2) is 17.6 Å². The summed E-state index contributed by atoms with van der Waals surface area (Å²) in [4.78, 5) is 0. The molecule has 0 aliphatic heterocycles. The fourth-order valence-electron chi connectivity index (χ4n) is 1.25. The summed E-state index contributed by atoms with van der Waals surface area (Å²) in [5.41, 5.74) is -3.88. The number of alkyl halides is 1. The van der Waals surface area contributed by atoms with E-state index in [1.807, 2.05) is 0 Å². The molecule has 0 spiro atoms. The maximum atomic E-state index is 13.5. The van der Waals surface area contributed by atoms with E-state index in [0.717, 1.165) is 19.9 Å². The summed E-state index contributed by atoms with van der Waals surface area (Å²) in [7, 11) is 0. The minimum Gasteiger partial charge on any atom is -0.219 e. The van der Waals surface area contributed by atoms with Crippen molar-refractivity contribution < 1.29 is 17.6 Å². The monoisotopic (exact) mass is 205 g/mol. The Labute approximate surface area is 78.3 Å². The van der Waals surface area contributed by atoms with Crippen LogP contribution in [0.1, 0.15) is 13.8 Å². The number of nitriles is 1. The fraction of sp³-hybridized carbons (Fsp3) is 0.444. The quantitative estimate of drug-likeness (QED) is 0.557. The summed E-state index contributed by atoms with van der Waals surface area (Å²) in [6.07, 6.45) is 0. The largest absolute Gasteiger partial charge is 0.255 e. The molecule has 0 aromatic rings. The number of hydrogen-bond donors (Lipinski definition) is 0. The molecular formula is C9H7F4N. The summed E-state index contributed by atoms with van der Waals surface area (Å²) in [5.74, 6) is -6.14. The van der Waals surface area contributed by atoms with E-state index in [0.29, 0.717) is 0 Å². The number of allylic oxidation sites excluding steroid dienone is 4. The first kappa shape index (κ1) is 10.8. The Morgan fingerprint density at radius 3 is 2.29 bits per heavy atom. The normalized spacial score (nSPS) is 33.4. The molecule has 76 valence electrons. The lowest BCUT2D eigenvalue weighted by Crippen LogP contribution is -2.34. The van der Waals surface area contributed by atoms with Gasteiger partial charge in [0.15, 0.2) is 11.7 Å². The lowest BCUT2D eigenvalue weighted by Gasteiger charge is -2.27. The second-order valence-corrected chi connectivity index (χ2v) is 3.15. The Bertz CT molecular complexity index is 377.